The Morgan fingerprint density at radius 2 is 1.93 bits per heavy atom. The van der Waals surface area contributed by atoms with E-state index in [0.717, 1.165) is 18.9 Å². The first kappa shape index (κ1) is 20.2. The zero-order valence-electron chi connectivity index (χ0n) is 17.3. The number of aromatic nitrogens is 2. The predicted molar refractivity (Wildman–Crippen MR) is 111 cm³/mol. The second-order valence-electron chi connectivity index (χ2n) is 8.96. The van der Waals surface area contributed by atoms with E-state index in [2.05, 4.69) is 5.32 Å². The Morgan fingerprint density at radius 1 is 1.23 bits per heavy atom. The standard InChI is InChI=1S/C20H26FN5O4/c1-20(2,3)30-18(28)23-11-6-7-24(10-11)16-9-15-13(8-14(16)21)17(27)26(22)19(29)25(15)12-4-5-12/h8-9,11-12H,4-7,10,22H2,1-3H3,(H,23,28). The molecule has 1 aromatic carbocycles. The monoisotopic (exact) mass is 419 g/mol. The molecule has 1 unspecified atom stereocenters. The number of ether oxygens (including phenoxy) is 1. The Labute approximate surface area is 172 Å². The molecule has 0 bridgehead atoms. The molecule has 10 heteroatoms. The van der Waals surface area contributed by atoms with E-state index in [0.29, 0.717) is 35.4 Å². The van der Waals surface area contributed by atoms with Gasteiger partial charge in [0.2, 0.25) is 0 Å². The summed E-state index contributed by atoms with van der Waals surface area (Å²) in [5, 5.41) is 2.88. The van der Waals surface area contributed by atoms with Gasteiger partial charge in [0, 0.05) is 19.1 Å². The van der Waals surface area contributed by atoms with Crippen molar-refractivity contribution in [2.45, 2.75) is 57.7 Å². The minimum atomic E-state index is -0.719. The first-order valence-corrected chi connectivity index (χ1v) is 10.1. The Hall–Kier alpha value is -3.04. The summed E-state index contributed by atoms with van der Waals surface area (Å²) < 4.78 is 22.2. The number of alkyl carbamates (subject to hydrolysis) is 1. The van der Waals surface area contributed by atoms with E-state index >= 15 is 0 Å². The average molecular weight is 419 g/mol. The molecule has 1 atom stereocenters. The lowest BCUT2D eigenvalue weighted by atomic mass is 10.2. The molecule has 1 aliphatic carbocycles. The first-order chi connectivity index (χ1) is 14.0. The minimum Gasteiger partial charge on any atom is -0.444 e. The molecule has 30 heavy (non-hydrogen) atoms. The topological polar surface area (TPSA) is 112 Å². The maximum absolute atomic E-state index is 14.9. The number of carbonyl (C=O) groups is 1. The number of nitrogens with zero attached hydrogens (tertiary/aromatic N) is 3. The fourth-order valence-electron chi connectivity index (χ4n) is 3.86. The summed E-state index contributed by atoms with van der Waals surface area (Å²) in [4.78, 5) is 38.7. The van der Waals surface area contributed by atoms with Gasteiger partial charge in [0.15, 0.2) is 0 Å². The summed E-state index contributed by atoms with van der Waals surface area (Å²) in [7, 11) is 0. The van der Waals surface area contributed by atoms with Crippen LogP contribution < -0.4 is 27.3 Å². The summed E-state index contributed by atoms with van der Waals surface area (Å²) in [6.45, 7) is 6.26. The molecule has 3 N–H and O–H groups in total. The van der Waals surface area contributed by atoms with Crippen molar-refractivity contribution >= 4 is 22.7 Å². The zero-order chi connectivity index (χ0) is 21.8. The van der Waals surface area contributed by atoms with Crippen LogP contribution in [0.5, 0.6) is 0 Å². The molecule has 2 aliphatic rings. The van der Waals surface area contributed by atoms with Gasteiger partial charge in [0.05, 0.1) is 22.6 Å². The molecule has 2 heterocycles. The van der Waals surface area contributed by atoms with Crippen LogP contribution in [0.1, 0.15) is 46.1 Å². The van der Waals surface area contributed by atoms with E-state index in [1.807, 2.05) is 0 Å². The highest BCUT2D eigenvalue weighted by molar-refractivity contribution is 5.83. The van der Waals surface area contributed by atoms with Gasteiger partial charge in [-0.1, -0.05) is 0 Å². The van der Waals surface area contributed by atoms with E-state index in [4.69, 9.17) is 10.6 Å². The summed E-state index contributed by atoms with van der Waals surface area (Å²) in [5.41, 5.74) is -1.25. The van der Waals surface area contributed by atoms with Crippen molar-refractivity contribution in [3.8, 4) is 0 Å². The van der Waals surface area contributed by atoms with Gasteiger partial charge in [0.25, 0.3) is 5.56 Å². The van der Waals surface area contributed by atoms with Crippen molar-refractivity contribution in [2.75, 3.05) is 23.8 Å². The number of nitrogens with two attached hydrogens (primary N) is 1. The number of amides is 1. The van der Waals surface area contributed by atoms with Crippen LogP contribution in [0.2, 0.25) is 0 Å². The maximum Gasteiger partial charge on any atom is 0.407 e. The number of rotatable bonds is 3. The van der Waals surface area contributed by atoms with Crippen LogP contribution in [0.15, 0.2) is 21.7 Å². The van der Waals surface area contributed by atoms with Gasteiger partial charge in [0.1, 0.15) is 11.4 Å². The van der Waals surface area contributed by atoms with Crippen LogP contribution in [0.3, 0.4) is 0 Å². The molecule has 1 aromatic heterocycles. The number of hydrogen-bond donors (Lipinski definition) is 2. The molecule has 0 spiro atoms. The summed E-state index contributed by atoms with van der Waals surface area (Å²) >= 11 is 0. The largest absolute Gasteiger partial charge is 0.444 e. The van der Waals surface area contributed by atoms with Gasteiger partial charge in [-0.05, 0) is 52.2 Å². The highest BCUT2D eigenvalue weighted by Crippen LogP contribution is 2.36. The third-order valence-electron chi connectivity index (χ3n) is 5.35. The van der Waals surface area contributed by atoms with Gasteiger partial charge in [-0.2, -0.15) is 4.68 Å². The number of nitrogens with one attached hydrogen (secondary N) is 1. The number of fused-ring (bicyclic) bond motifs is 1. The van der Waals surface area contributed by atoms with E-state index in [-0.39, 0.29) is 17.5 Å². The molecular formula is C20H26FN5O4. The van der Waals surface area contributed by atoms with Crippen molar-refractivity contribution in [1.82, 2.24) is 14.6 Å². The van der Waals surface area contributed by atoms with Crippen LogP contribution in [0.25, 0.3) is 10.9 Å². The predicted octanol–water partition coefficient (Wildman–Crippen LogP) is 1.45. The molecule has 162 valence electrons. The zero-order valence-corrected chi connectivity index (χ0v) is 17.3. The molecule has 1 amide bonds. The highest BCUT2D eigenvalue weighted by atomic mass is 19.1. The van der Waals surface area contributed by atoms with Crippen LogP contribution >= 0.6 is 0 Å². The smallest absolute Gasteiger partial charge is 0.407 e. The Bertz CT molecular complexity index is 1130. The number of nitrogen functional groups attached to an aromatic ring is 1. The third kappa shape index (κ3) is 3.73. The van der Waals surface area contributed by atoms with Crippen molar-refractivity contribution in [3.05, 3.63) is 38.8 Å². The minimum absolute atomic E-state index is 0.0335. The van der Waals surface area contributed by atoms with E-state index in [1.54, 1.807) is 31.7 Å². The molecular weight excluding hydrogens is 393 g/mol. The molecule has 1 aliphatic heterocycles. The van der Waals surface area contributed by atoms with Crippen LogP contribution in [-0.2, 0) is 4.74 Å². The fraction of sp³-hybridized carbons (Fsp3) is 0.550. The van der Waals surface area contributed by atoms with E-state index in [1.165, 1.54) is 4.57 Å². The van der Waals surface area contributed by atoms with E-state index < -0.39 is 28.8 Å². The van der Waals surface area contributed by atoms with Gasteiger partial charge in [-0.3, -0.25) is 9.36 Å². The van der Waals surface area contributed by atoms with Crippen LogP contribution in [0, 0.1) is 5.82 Å². The number of carbonyl (C=O) groups excluding carboxylic acids is 1. The lowest BCUT2D eigenvalue weighted by Crippen LogP contribution is -2.44. The molecule has 4 rings (SSSR count). The van der Waals surface area contributed by atoms with Crippen molar-refractivity contribution in [3.63, 3.8) is 0 Å². The molecule has 2 fully saturated rings. The van der Waals surface area contributed by atoms with Crippen LogP contribution in [-0.4, -0.2) is 40.1 Å². The molecule has 9 nitrogen and oxygen atoms in total. The van der Waals surface area contributed by atoms with Crippen LogP contribution in [0.4, 0.5) is 14.9 Å². The maximum atomic E-state index is 14.9. The number of hydrogen-bond acceptors (Lipinski definition) is 6. The normalized spacial score (nSPS) is 19.3. The lowest BCUT2D eigenvalue weighted by molar-refractivity contribution is 0.0509. The molecule has 0 radical (unpaired) electrons. The molecule has 2 aromatic rings. The SMILES string of the molecule is CC(C)(C)OC(=O)NC1CCN(c2cc3c(cc2F)c(=O)n(N)c(=O)n3C2CC2)C1. The third-order valence-corrected chi connectivity index (χ3v) is 5.35. The van der Waals surface area contributed by atoms with Crippen molar-refractivity contribution < 1.29 is 13.9 Å². The number of halogens is 1. The van der Waals surface area contributed by atoms with Gasteiger partial charge < -0.3 is 20.8 Å². The van der Waals surface area contributed by atoms with Crippen molar-refractivity contribution in [2.24, 2.45) is 0 Å². The quantitative estimate of drug-likeness (QED) is 0.729. The lowest BCUT2D eigenvalue weighted by Gasteiger charge is -2.23. The first-order valence-electron chi connectivity index (χ1n) is 10.1. The van der Waals surface area contributed by atoms with Gasteiger partial charge in [-0.15, -0.1) is 0 Å². The fourth-order valence-corrected chi connectivity index (χ4v) is 3.86. The Morgan fingerprint density at radius 3 is 2.57 bits per heavy atom. The number of benzene rings is 1. The summed E-state index contributed by atoms with van der Waals surface area (Å²) in [6, 6.07) is 2.46. The molecule has 1 saturated carbocycles. The number of anilines is 1. The summed E-state index contributed by atoms with van der Waals surface area (Å²) in [5.74, 6) is 5.05. The highest BCUT2D eigenvalue weighted by Gasteiger charge is 2.31. The summed E-state index contributed by atoms with van der Waals surface area (Å²) in [6.07, 6.45) is 1.73. The average Bonchev–Trinajstić information content (AvgIpc) is 3.37. The van der Waals surface area contributed by atoms with Crippen molar-refractivity contribution in [1.29, 1.82) is 0 Å². The van der Waals surface area contributed by atoms with E-state index in [9.17, 15) is 18.8 Å². The second-order valence-corrected chi connectivity index (χ2v) is 8.96. The Kier molecular flexibility index (Phi) is 4.74. The van der Waals surface area contributed by atoms with Gasteiger partial charge >= 0.3 is 11.8 Å². The molecule has 1 saturated heterocycles. The Balaban J connectivity index is 1.64. The second kappa shape index (κ2) is 7.03. The van der Waals surface area contributed by atoms with Gasteiger partial charge in [-0.25, -0.2) is 14.0 Å².